The Hall–Kier alpha value is -5.02. The topological polar surface area (TPSA) is 30.7 Å². The SMILES string of the molecule is CC1CC=Cc2nc(-n3c4ccccc4c4cc5ccccc5cc43)nc(-c3ccc(-c4ccccc4)cc3)c21. The molecule has 1 atom stereocenters. The molecule has 0 spiro atoms. The molecule has 0 N–H and O–H groups in total. The van der Waals surface area contributed by atoms with Crippen LogP contribution in [0, 0.1) is 0 Å². The van der Waals surface area contributed by atoms with Crippen LogP contribution in [0.3, 0.4) is 0 Å². The number of aromatic nitrogens is 3. The molecule has 3 nitrogen and oxygen atoms in total. The molecule has 7 aromatic rings. The van der Waals surface area contributed by atoms with E-state index in [2.05, 4.69) is 139 Å². The molecule has 2 heterocycles. The highest BCUT2D eigenvalue weighted by Crippen LogP contribution is 2.39. The molecular formula is C37H27N3. The summed E-state index contributed by atoms with van der Waals surface area (Å²) >= 11 is 0. The van der Waals surface area contributed by atoms with Gasteiger partial charge in [-0.1, -0.05) is 110 Å². The Morgan fingerprint density at radius 2 is 1.30 bits per heavy atom. The first-order chi connectivity index (χ1) is 19.7. The van der Waals surface area contributed by atoms with Crippen LogP contribution in [0.25, 0.3) is 67.0 Å². The minimum atomic E-state index is 0.347. The molecule has 0 amide bonds. The van der Waals surface area contributed by atoms with E-state index in [1.807, 2.05) is 0 Å². The Balaban J connectivity index is 1.39. The highest BCUT2D eigenvalue weighted by atomic mass is 15.2. The molecule has 3 heteroatoms. The Kier molecular flexibility index (Phi) is 5.17. The number of hydrogen-bond donors (Lipinski definition) is 0. The lowest BCUT2D eigenvalue weighted by Crippen LogP contribution is -2.11. The first-order valence-electron chi connectivity index (χ1n) is 13.9. The summed E-state index contributed by atoms with van der Waals surface area (Å²) in [6.45, 7) is 2.28. The van der Waals surface area contributed by atoms with Crippen molar-refractivity contribution in [1.82, 2.24) is 14.5 Å². The summed E-state index contributed by atoms with van der Waals surface area (Å²) in [7, 11) is 0. The van der Waals surface area contributed by atoms with Gasteiger partial charge in [0.1, 0.15) is 0 Å². The second-order valence-electron chi connectivity index (χ2n) is 10.7. The van der Waals surface area contributed by atoms with E-state index in [4.69, 9.17) is 9.97 Å². The van der Waals surface area contributed by atoms with Crippen LogP contribution in [0.2, 0.25) is 0 Å². The first kappa shape index (κ1) is 22.9. The van der Waals surface area contributed by atoms with Gasteiger partial charge in [-0.25, -0.2) is 9.97 Å². The van der Waals surface area contributed by atoms with Crippen molar-refractivity contribution in [3.05, 3.63) is 133 Å². The van der Waals surface area contributed by atoms with Crippen LogP contribution in [-0.4, -0.2) is 14.5 Å². The summed E-state index contributed by atoms with van der Waals surface area (Å²) in [6.07, 6.45) is 5.41. The summed E-state index contributed by atoms with van der Waals surface area (Å²) in [5.74, 6) is 1.06. The van der Waals surface area contributed by atoms with Crippen molar-refractivity contribution in [3.8, 4) is 28.3 Å². The largest absolute Gasteiger partial charge is 0.278 e. The quantitative estimate of drug-likeness (QED) is 0.235. The molecule has 1 aliphatic rings. The van der Waals surface area contributed by atoms with Crippen molar-refractivity contribution < 1.29 is 0 Å². The van der Waals surface area contributed by atoms with Crippen molar-refractivity contribution in [3.63, 3.8) is 0 Å². The van der Waals surface area contributed by atoms with Crippen LogP contribution in [0.15, 0.2) is 121 Å². The van der Waals surface area contributed by atoms with Crippen molar-refractivity contribution >= 4 is 38.7 Å². The van der Waals surface area contributed by atoms with Gasteiger partial charge >= 0.3 is 0 Å². The van der Waals surface area contributed by atoms with Crippen LogP contribution >= 0.6 is 0 Å². The lowest BCUT2D eigenvalue weighted by atomic mass is 9.88. The van der Waals surface area contributed by atoms with Gasteiger partial charge in [0.2, 0.25) is 5.95 Å². The standard InChI is InChI=1S/C37H27N3/c1-24-10-9-16-32-35(24)36(27-20-18-26(19-21-27)25-11-3-2-4-12-25)39-37(38-32)40-33-17-8-7-15-30(33)31-22-28-13-5-6-14-29(28)23-34(31)40/h2-9,11-24H,10H2,1H3. The molecular weight excluding hydrogens is 486 g/mol. The fraction of sp³-hybridized carbons (Fsp3) is 0.0811. The van der Waals surface area contributed by atoms with E-state index < -0.39 is 0 Å². The van der Waals surface area contributed by atoms with Gasteiger partial charge in [0.15, 0.2) is 0 Å². The second kappa shape index (κ2) is 9.03. The molecule has 5 aromatic carbocycles. The molecule has 0 radical (unpaired) electrons. The molecule has 0 fully saturated rings. The normalized spacial score (nSPS) is 14.7. The Labute approximate surface area is 233 Å². The molecule has 0 aliphatic heterocycles. The van der Waals surface area contributed by atoms with Gasteiger partial charge in [-0.3, -0.25) is 4.57 Å². The predicted molar refractivity (Wildman–Crippen MR) is 167 cm³/mol. The highest BCUT2D eigenvalue weighted by Gasteiger charge is 2.24. The third-order valence-electron chi connectivity index (χ3n) is 8.23. The monoisotopic (exact) mass is 513 g/mol. The van der Waals surface area contributed by atoms with Crippen molar-refractivity contribution in [2.24, 2.45) is 0 Å². The van der Waals surface area contributed by atoms with Crippen LogP contribution in [0.4, 0.5) is 0 Å². The van der Waals surface area contributed by atoms with Crippen LogP contribution in [-0.2, 0) is 0 Å². The van der Waals surface area contributed by atoms with E-state index in [0.29, 0.717) is 11.9 Å². The number of para-hydroxylation sites is 1. The highest BCUT2D eigenvalue weighted by molar-refractivity contribution is 6.13. The fourth-order valence-corrected chi connectivity index (χ4v) is 6.23. The number of allylic oxidation sites excluding steroid dienone is 1. The summed E-state index contributed by atoms with van der Waals surface area (Å²) in [6, 6.07) is 41.1. The van der Waals surface area contributed by atoms with E-state index in [0.717, 1.165) is 34.4 Å². The van der Waals surface area contributed by atoms with Crippen LogP contribution < -0.4 is 0 Å². The second-order valence-corrected chi connectivity index (χ2v) is 10.7. The van der Waals surface area contributed by atoms with Crippen LogP contribution in [0.5, 0.6) is 0 Å². The maximum atomic E-state index is 5.35. The molecule has 1 unspecified atom stereocenters. The molecule has 2 aromatic heterocycles. The van der Waals surface area contributed by atoms with Crippen molar-refractivity contribution in [2.75, 3.05) is 0 Å². The predicted octanol–water partition coefficient (Wildman–Crippen LogP) is 9.58. The number of benzene rings is 5. The molecule has 0 saturated heterocycles. The lowest BCUT2D eigenvalue weighted by Gasteiger charge is -2.22. The maximum Gasteiger partial charge on any atom is 0.235 e. The van der Waals surface area contributed by atoms with Gasteiger partial charge in [0.25, 0.3) is 0 Å². The van der Waals surface area contributed by atoms with Gasteiger partial charge in [-0.15, -0.1) is 0 Å². The zero-order chi connectivity index (χ0) is 26.6. The summed E-state index contributed by atoms with van der Waals surface area (Å²) in [5.41, 5.74) is 9.03. The van der Waals surface area contributed by atoms with E-state index in [1.54, 1.807) is 0 Å². The van der Waals surface area contributed by atoms with Gasteiger partial charge in [0, 0.05) is 21.9 Å². The van der Waals surface area contributed by atoms with Crippen molar-refractivity contribution in [2.45, 2.75) is 19.3 Å². The van der Waals surface area contributed by atoms with E-state index >= 15 is 0 Å². The number of nitrogens with zero attached hydrogens (tertiary/aromatic N) is 3. The van der Waals surface area contributed by atoms with Gasteiger partial charge in [-0.05, 0) is 58.5 Å². The third kappa shape index (κ3) is 3.59. The zero-order valence-corrected chi connectivity index (χ0v) is 22.3. The minimum Gasteiger partial charge on any atom is -0.278 e. The molecule has 190 valence electrons. The number of hydrogen-bond acceptors (Lipinski definition) is 2. The Bertz CT molecular complexity index is 2080. The zero-order valence-electron chi connectivity index (χ0n) is 22.3. The average Bonchev–Trinajstić information content (AvgIpc) is 3.33. The van der Waals surface area contributed by atoms with Gasteiger partial charge in [-0.2, -0.15) is 0 Å². The fourth-order valence-electron chi connectivity index (χ4n) is 6.23. The summed E-state index contributed by atoms with van der Waals surface area (Å²) in [4.78, 5) is 10.6. The average molecular weight is 514 g/mol. The maximum absolute atomic E-state index is 5.35. The molecule has 40 heavy (non-hydrogen) atoms. The first-order valence-corrected chi connectivity index (χ1v) is 13.9. The smallest absolute Gasteiger partial charge is 0.235 e. The minimum absolute atomic E-state index is 0.347. The summed E-state index contributed by atoms with van der Waals surface area (Å²) < 4.78 is 2.24. The van der Waals surface area contributed by atoms with E-state index in [-0.39, 0.29) is 0 Å². The molecule has 0 saturated carbocycles. The molecule has 8 rings (SSSR count). The lowest BCUT2D eigenvalue weighted by molar-refractivity contribution is 0.755. The van der Waals surface area contributed by atoms with Gasteiger partial charge in [0.05, 0.1) is 22.4 Å². The van der Waals surface area contributed by atoms with E-state index in [9.17, 15) is 0 Å². The van der Waals surface area contributed by atoms with E-state index in [1.165, 1.54) is 38.2 Å². The molecule has 0 bridgehead atoms. The van der Waals surface area contributed by atoms with Gasteiger partial charge < -0.3 is 0 Å². The summed E-state index contributed by atoms with van der Waals surface area (Å²) in [5, 5.41) is 4.87. The van der Waals surface area contributed by atoms with Crippen LogP contribution in [0.1, 0.15) is 30.5 Å². The molecule has 1 aliphatic carbocycles. The number of fused-ring (bicyclic) bond motifs is 5. The Morgan fingerprint density at radius 1 is 0.625 bits per heavy atom. The Morgan fingerprint density at radius 3 is 2.12 bits per heavy atom. The number of rotatable bonds is 3. The van der Waals surface area contributed by atoms with Crippen molar-refractivity contribution in [1.29, 1.82) is 0 Å². The third-order valence-corrected chi connectivity index (χ3v) is 8.23.